The van der Waals surface area contributed by atoms with Gasteiger partial charge in [0.2, 0.25) is 0 Å². The first-order chi connectivity index (χ1) is 14.0. The van der Waals surface area contributed by atoms with Crippen molar-refractivity contribution in [3.05, 3.63) is 94.7 Å². The third-order valence-corrected chi connectivity index (χ3v) is 4.72. The first kappa shape index (κ1) is 18.6. The van der Waals surface area contributed by atoms with Gasteiger partial charge in [0.25, 0.3) is 17.7 Å². The SMILES string of the molecule is O=C(NCCc1cccc(F)c1)c1ccc2c(c1)C(=O)N(Cc1ccco1)C2=O. The Hall–Kier alpha value is -3.74. The van der Waals surface area contributed by atoms with Gasteiger partial charge in [0, 0.05) is 12.1 Å². The number of nitrogens with one attached hydrogen (secondary N) is 1. The molecule has 1 aliphatic rings. The third kappa shape index (κ3) is 3.80. The number of halogens is 1. The van der Waals surface area contributed by atoms with Gasteiger partial charge in [0.15, 0.2) is 0 Å². The predicted octanol–water partition coefficient (Wildman–Crippen LogP) is 3.19. The number of benzene rings is 2. The fourth-order valence-electron chi connectivity index (χ4n) is 3.25. The second kappa shape index (κ2) is 7.71. The smallest absolute Gasteiger partial charge is 0.261 e. The number of hydrogen-bond acceptors (Lipinski definition) is 4. The number of imide groups is 1. The van der Waals surface area contributed by atoms with E-state index in [9.17, 15) is 18.8 Å². The molecule has 0 aliphatic carbocycles. The number of nitrogens with zero attached hydrogens (tertiary/aromatic N) is 1. The highest BCUT2D eigenvalue weighted by atomic mass is 19.1. The summed E-state index contributed by atoms with van der Waals surface area (Å²) in [5.74, 6) is -1.08. The predicted molar refractivity (Wildman–Crippen MR) is 102 cm³/mol. The van der Waals surface area contributed by atoms with Crippen LogP contribution in [0.25, 0.3) is 0 Å². The molecule has 0 saturated heterocycles. The van der Waals surface area contributed by atoms with Crippen molar-refractivity contribution in [2.45, 2.75) is 13.0 Å². The van der Waals surface area contributed by atoms with Crippen LogP contribution in [-0.2, 0) is 13.0 Å². The van der Waals surface area contributed by atoms with Crippen molar-refractivity contribution in [1.82, 2.24) is 10.2 Å². The molecule has 0 atom stereocenters. The maximum Gasteiger partial charge on any atom is 0.261 e. The van der Waals surface area contributed by atoms with E-state index in [1.165, 1.54) is 36.6 Å². The number of fused-ring (bicyclic) bond motifs is 1. The van der Waals surface area contributed by atoms with Gasteiger partial charge in [-0.2, -0.15) is 0 Å². The van der Waals surface area contributed by atoms with E-state index in [1.807, 2.05) is 0 Å². The molecule has 6 nitrogen and oxygen atoms in total. The highest BCUT2D eigenvalue weighted by Crippen LogP contribution is 2.25. The van der Waals surface area contributed by atoms with Crippen LogP contribution in [0.4, 0.5) is 4.39 Å². The van der Waals surface area contributed by atoms with Crippen molar-refractivity contribution in [3.8, 4) is 0 Å². The van der Waals surface area contributed by atoms with E-state index in [4.69, 9.17) is 4.42 Å². The second-order valence-electron chi connectivity index (χ2n) is 6.67. The van der Waals surface area contributed by atoms with Crippen LogP contribution in [0, 0.1) is 5.82 Å². The standard InChI is InChI=1S/C22H17FN2O4/c23-16-4-1-3-14(11-16)8-9-24-20(26)15-6-7-18-19(12-15)22(28)25(21(18)27)13-17-5-2-10-29-17/h1-7,10-12H,8-9,13H2,(H,24,26). The maximum absolute atomic E-state index is 13.2. The number of hydrogen-bond donors (Lipinski definition) is 1. The first-order valence-corrected chi connectivity index (χ1v) is 9.08. The molecule has 0 saturated carbocycles. The molecule has 7 heteroatoms. The van der Waals surface area contributed by atoms with Crippen molar-refractivity contribution < 1.29 is 23.2 Å². The molecular weight excluding hydrogens is 375 g/mol. The first-order valence-electron chi connectivity index (χ1n) is 9.08. The van der Waals surface area contributed by atoms with Crippen LogP contribution in [0.2, 0.25) is 0 Å². The van der Waals surface area contributed by atoms with Gasteiger partial charge < -0.3 is 9.73 Å². The Morgan fingerprint density at radius 2 is 1.83 bits per heavy atom. The average Bonchev–Trinajstić information content (AvgIpc) is 3.31. The van der Waals surface area contributed by atoms with Crippen LogP contribution in [0.1, 0.15) is 42.4 Å². The number of carbonyl (C=O) groups excluding carboxylic acids is 3. The molecule has 0 radical (unpaired) electrons. The lowest BCUT2D eigenvalue weighted by atomic mass is 10.1. The number of carbonyl (C=O) groups is 3. The molecule has 4 rings (SSSR count). The zero-order valence-corrected chi connectivity index (χ0v) is 15.4. The topological polar surface area (TPSA) is 79.6 Å². The van der Waals surface area contributed by atoms with Crippen LogP contribution < -0.4 is 5.32 Å². The fourth-order valence-corrected chi connectivity index (χ4v) is 3.25. The lowest BCUT2D eigenvalue weighted by Crippen LogP contribution is -2.28. The quantitative estimate of drug-likeness (QED) is 0.654. The van der Waals surface area contributed by atoms with E-state index in [1.54, 1.807) is 24.3 Å². The zero-order valence-electron chi connectivity index (χ0n) is 15.4. The Morgan fingerprint density at radius 3 is 2.59 bits per heavy atom. The summed E-state index contributed by atoms with van der Waals surface area (Å²) in [5, 5.41) is 2.75. The average molecular weight is 392 g/mol. The molecule has 0 fully saturated rings. The molecular formula is C22H17FN2O4. The summed E-state index contributed by atoms with van der Waals surface area (Å²) < 4.78 is 18.4. The van der Waals surface area contributed by atoms with Crippen LogP contribution >= 0.6 is 0 Å². The Labute approximate surface area is 165 Å². The Balaban J connectivity index is 1.43. The summed E-state index contributed by atoms with van der Waals surface area (Å²) in [6.45, 7) is 0.353. The van der Waals surface area contributed by atoms with E-state index in [2.05, 4.69) is 5.32 Å². The number of rotatable bonds is 6. The molecule has 2 heterocycles. The van der Waals surface area contributed by atoms with Gasteiger partial charge in [-0.25, -0.2) is 4.39 Å². The molecule has 0 spiro atoms. The molecule has 1 N–H and O–H groups in total. The van der Waals surface area contributed by atoms with Gasteiger partial charge in [-0.1, -0.05) is 12.1 Å². The summed E-state index contributed by atoms with van der Waals surface area (Å²) >= 11 is 0. The molecule has 146 valence electrons. The molecule has 0 bridgehead atoms. The van der Waals surface area contributed by atoms with Gasteiger partial charge >= 0.3 is 0 Å². The molecule has 29 heavy (non-hydrogen) atoms. The van der Waals surface area contributed by atoms with Crippen molar-refractivity contribution in [1.29, 1.82) is 0 Å². The summed E-state index contributed by atoms with van der Waals surface area (Å²) in [6.07, 6.45) is 1.95. The maximum atomic E-state index is 13.2. The summed E-state index contributed by atoms with van der Waals surface area (Å²) in [7, 11) is 0. The van der Waals surface area contributed by atoms with Crippen LogP contribution in [0.15, 0.2) is 65.3 Å². The van der Waals surface area contributed by atoms with Gasteiger partial charge in [-0.3, -0.25) is 19.3 Å². The fraction of sp³-hybridized carbons (Fsp3) is 0.136. The largest absolute Gasteiger partial charge is 0.467 e. The van der Waals surface area contributed by atoms with Crippen LogP contribution in [0.5, 0.6) is 0 Å². The van der Waals surface area contributed by atoms with E-state index in [0.717, 1.165) is 10.5 Å². The molecule has 0 unspecified atom stereocenters. The Morgan fingerprint density at radius 1 is 1.00 bits per heavy atom. The van der Waals surface area contributed by atoms with E-state index in [-0.39, 0.29) is 35.0 Å². The Bertz CT molecular complexity index is 1090. The zero-order chi connectivity index (χ0) is 20.4. The van der Waals surface area contributed by atoms with Gasteiger partial charge in [-0.15, -0.1) is 0 Å². The van der Waals surface area contributed by atoms with Gasteiger partial charge in [0.05, 0.1) is 23.9 Å². The van der Waals surface area contributed by atoms with Crippen molar-refractivity contribution >= 4 is 17.7 Å². The number of furan rings is 1. The molecule has 1 aliphatic heterocycles. The normalized spacial score (nSPS) is 12.9. The Kier molecular flexibility index (Phi) is 4.95. The minimum Gasteiger partial charge on any atom is -0.467 e. The monoisotopic (exact) mass is 392 g/mol. The van der Waals surface area contributed by atoms with Crippen molar-refractivity contribution in [2.75, 3.05) is 6.54 Å². The van der Waals surface area contributed by atoms with Gasteiger partial charge in [-0.05, 0) is 54.4 Å². The lowest BCUT2D eigenvalue weighted by molar-refractivity contribution is 0.0631. The molecule has 3 aromatic rings. The lowest BCUT2D eigenvalue weighted by Gasteiger charge is -2.11. The minimum absolute atomic E-state index is 0.0362. The summed E-state index contributed by atoms with van der Waals surface area (Å²) in [4.78, 5) is 38.6. The van der Waals surface area contributed by atoms with Crippen molar-refractivity contribution in [3.63, 3.8) is 0 Å². The van der Waals surface area contributed by atoms with E-state index < -0.39 is 11.8 Å². The van der Waals surface area contributed by atoms with E-state index >= 15 is 0 Å². The minimum atomic E-state index is -0.462. The third-order valence-electron chi connectivity index (χ3n) is 4.72. The van der Waals surface area contributed by atoms with Gasteiger partial charge in [0.1, 0.15) is 11.6 Å². The molecule has 1 aromatic heterocycles. The summed E-state index contributed by atoms with van der Waals surface area (Å²) in [5.41, 5.74) is 1.51. The van der Waals surface area contributed by atoms with Crippen LogP contribution in [-0.4, -0.2) is 29.2 Å². The molecule has 2 aromatic carbocycles. The number of amides is 3. The van der Waals surface area contributed by atoms with E-state index in [0.29, 0.717) is 18.7 Å². The summed E-state index contributed by atoms with van der Waals surface area (Å²) in [6, 6.07) is 14.0. The van der Waals surface area contributed by atoms with Crippen molar-refractivity contribution in [2.24, 2.45) is 0 Å². The highest BCUT2D eigenvalue weighted by molar-refractivity contribution is 6.22. The highest BCUT2D eigenvalue weighted by Gasteiger charge is 2.36. The molecule has 3 amide bonds. The van der Waals surface area contributed by atoms with Crippen LogP contribution in [0.3, 0.4) is 0 Å². The second-order valence-corrected chi connectivity index (χ2v) is 6.67.